The number of nitrogens with one attached hydrogen (secondary N) is 1. The summed E-state index contributed by atoms with van der Waals surface area (Å²) in [5.41, 5.74) is 1.04. The van der Waals surface area contributed by atoms with E-state index < -0.39 is 0 Å². The normalized spacial score (nSPS) is 12.2. The molecule has 0 saturated carbocycles. The highest BCUT2D eigenvalue weighted by molar-refractivity contribution is 5.74. The average Bonchev–Trinajstić information content (AvgIpc) is 2.64. The van der Waals surface area contributed by atoms with Crippen LogP contribution in [0.2, 0.25) is 0 Å². The molecule has 0 aliphatic carbocycles. The van der Waals surface area contributed by atoms with Crippen molar-refractivity contribution in [1.29, 1.82) is 0 Å². The summed E-state index contributed by atoms with van der Waals surface area (Å²) in [4.78, 5) is 13.5. The fraction of sp³-hybridized carbons (Fsp3) is 0.667. The molecule has 0 aromatic carbocycles. The van der Waals surface area contributed by atoms with Gasteiger partial charge in [-0.2, -0.15) is 5.10 Å². The van der Waals surface area contributed by atoms with Crippen molar-refractivity contribution in [3.05, 3.63) is 18.0 Å². The smallest absolute Gasteiger partial charge is 0.317 e. The number of aryl methyl sites for hydroxylation is 1. The van der Waals surface area contributed by atoms with Gasteiger partial charge in [0, 0.05) is 31.9 Å². The molecule has 0 spiro atoms. The molecule has 1 rings (SSSR count). The molecule has 5 heteroatoms. The topological polar surface area (TPSA) is 50.2 Å². The van der Waals surface area contributed by atoms with Gasteiger partial charge in [0.25, 0.3) is 0 Å². The van der Waals surface area contributed by atoms with Crippen molar-refractivity contribution < 1.29 is 4.79 Å². The number of carbonyl (C=O) groups is 1. The molecule has 0 aliphatic rings. The fourth-order valence-corrected chi connectivity index (χ4v) is 1.73. The number of carbonyl (C=O) groups excluding carboxylic acids is 1. The summed E-state index contributed by atoms with van der Waals surface area (Å²) >= 11 is 0. The van der Waals surface area contributed by atoms with E-state index in [0.29, 0.717) is 6.54 Å². The maximum atomic E-state index is 11.8. The van der Waals surface area contributed by atoms with Crippen LogP contribution >= 0.6 is 0 Å². The van der Waals surface area contributed by atoms with Crippen molar-refractivity contribution in [1.82, 2.24) is 20.0 Å². The van der Waals surface area contributed by atoms with E-state index >= 15 is 0 Å². The van der Waals surface area contributed by atoms with Crippen LogP contribution in [0.1, 0.15) is 32.3 Å². The van der Waals surface area contributed by atoms with Gasteiger partial charge >= 0.3 is 6.03 Å². The molecule has 0 fully saturated rings. The Balaban J connectivity index is 2.41. The predicted molar refractivity (Wildman–Crippen MR) is 67.6 cm³/mol. The van der Waals surface area contributed by atoms with E-state index in [4.69, 9.17) is 0 Å². The van der Waals surface area contributed by atoms with Gasteiger partial charge in [-0.25, -0.2) is 4.79 Å². The summed E-state index contributed by atoms with van der Waals surface area (Å²) in [6.45, 7) is 4.72. The molecule has 0 aliphatic heterocycles. The summed E-state index contributed by atoms with van der Waals surface area (Å²) in [5, 5.41) is 7.05. The van der Waals surface area contributed by atoms with Gasteiger partial charge < -0.3 is 10.2 Å². The molecule has 2 amide bonds. The lowest BCUT2D eigenvalue weighted by atomic mass is 10.2. The van der Waals surface area contributed by atoms with Crippen LogP contribution in [0.4, 0.5) is 4.79 Å². The predicted octanol–water partition coefficient (Wildman–Crippen LogP) is 1.75. The highest BCUT2D eigenvalue weighted by atomic mass is 16.2. The number of amides is 2. The molecule has 1 aromatic heterocycles. The number of aromatic nitrogens is 2. The lowest BCUT2D eigenvalue weighted by Crippen LogP contribution is -2.41. The van der Waals surface area contributed by atoms with Crippen molar-refractivity contribution in [2.24, 2.45) is 7.05 Å². The Morgan fingerprint density at radius 3 is 2.88 bits per heavy atom. The molecular weight excluding hydrogens is 216 g/mol. The zero-order valence-corrected chi connectivity index (χ0v) is 11.1. The van der Waals surface area contributed by atoms with E-state index in [1.807, 2.05) is 20.2 Å². The van der Waals surface area contributed by atoms with Crippen LogP contribution in [0.25, 0.3) is 0 Å². The zero-order chi connectivity index (χ0) is 12.8. The second kappa shape index (κ2) is 6.27. The minimum absolute atomic E-state index is 0.0326. The first kappa shape index (κ1) is 13.5. The molecule has 0 radical (unpaired) electrons. The Bertz CT molecular complexity index is 361. The summed E-state index contributed by atoms with van der Waals surface area (Å²) in [6, 6.07) is 0.193. The Kier molecular flexibility index (Phi) is 5.00. The van der Waals surface area contributed by atoms with Crippen LogP contribution in [0, 0.1) is 0 Å². The van der Waals surface area contributed by atoms with E-state index in [0.717, 1.165) is 18.4 Å². The summed E-state index contributed by atoms with van der Waals surface area (Å²) in [5.74, 6) is 0. The van der Waals surface area contributed by atoms with Crippen molar-refractivity contribution in [2.45, 2.75) is 39.3 Å². The largest absolute Gasteiger partial charge is 0.336 e. The fourth-order valence-electron chi connectivity index (χ4n) is 1.73. The first-order valence-corrected chi connectivity index (χ1v) is 6.02. The van der Waals surface area contributed by atoms with Crippen molar-refractivity contribution in [3.8, 4) is 0 Å². The molecule has 5 nitrogen and oxygen atoms in total. The molecule has 1 aromatic rings. The Hall–Kier alpha value is -1.52. The van der Waals surface area contributed by atoms with Crippen LogP contribution in [0.5, 0.6) is 0 Å². The summed E-state index contributed by atoms with van der Waals surface area (Å²) in [6.07, 6.45) is 5.78. The van der Waals surface area contributed by atoms with Gasteiger partial charge in [0.15, 0.2) is 0 Å². The maximum absolute atomic E-state index is 11.8. The molecule has 1 N–H and O–H groups in total. The van der Waals surface area contributed by atoms with E-state index in [-0.39, 0.29) is 12.1 Å². The van der Waals surface area contributed by atoms with E-state index in [9.17, 15) is 4.79 Å². The van der Waals surface area contributed by atoms with Crippen LogP contribution in [0.15, 0.2) is 12.4 Å². The molecule has 1 atom stereocenters. The van der Waals surface area contributed by atoms with Gasteiger partial charge in [-0.05, 0) is 13.3 Å². The molecule has 1 heterocycles. The Labute approximate surface area is 103 Å². The third-order valence-corrected chi connectivity index (χ3v) is 2.62. The SMILES string of the molecule is CCC[C@H](C)NC(=O)N(C)Cc1cnn(C)c1. The zero-order valence-electron chi connectivity index (χ0n) is 11.1. The van der Waals surface area contributed by atoms with Gasteiger partial charge in [-0.1, -0.05) is 13.3 Å². The Morgan fingerprint density at radius 1 is 1.65 bits per heavy atom. The number of nitrogens with zero attached hydrogens (tertiary/aromatic N) is 3. The first-order valence-electron chi connectivity index (χ1n) is 6.02. The van der Waals surface area contributed by atoms with Crippen LogP contribution < -0.4 is 5.32 Å². The van der Waals surface area contributed by atoms with Crippen LogP contribution in [-0.4, -0.2) is 33.8 Å². The molecule has 0 unspecified atom stereocenters. The standard InChI is InChI=1S/C12H22N4O/c1-5-6-10(2)14-12(17)15(3)8-11-7-13-16(4)9-11/h7,9-10H,5-6,8H2,1-4H3,(H,14,17)/t10-/m0/s1. The number of urea groups is 1. The third-order valence-electron chi connectivity index (χ3n) is 2.62. The highest BCUT2D eigenvalue weighted by Gasteiger charge is 2.12. The van der Waals surface area contributed by atoms with Crippen LogP contribution in [-0.2, 0) is 13.6 Å². The van der Waals surface area contributed by atoms with Gasteiger partial charge in [0.05, 0.1) is 12.7 Å². The second-order valence-corrected chi connectivity index (χ2v) is 4.52. The number of hydrogen-bond donors (Lipinski definition) is 1. The summed E-state index contributed by atoms with van der Waals surface area (Å²) < 4.78 is 1.74. The van der Waals surface area contributed by atoms with Gasteiger partial charge in [0.1, 0.15) is 0 Å². The molecule has 96 valence electrons. The third kappa shape index (κ3) is 4.46. The van der Waals surface area contributed by atoms with Crippen molar-refractivity contribution in [2.75, 3.05) is 7.05 Å². The second-order valence-electron chi connectivity index (χ2n) is 4.52. The first-order chi connectivity index (χ1) is 8.02. The highest BCUT2D eigenvalue weighted by Crippen LogP contribution is 2.02. The monoisotopic (exact) mass is 238 g/mol. The molecule has 17 heavy (non-hydrogen) atoms. The number of rotatable bonds is 5. The Morgan fingerprint density at radius 2 is 2.35 bits per heavy atom. The van der Waals surface area contributed by atoms with E-state index in [1.165, 1.54) is 0 Å². The minimum atomic E-state index is -0.0326. The average molecular weight is 238 g/mol. The number of hydrogen-bond acceptors (Lipinski definition) is 2. The van der Waals surface area contributed by atoms with Gasteiger partial charge in [0.2, 0.25) is 0 Å². The minimum Gasteiger partial charge on any atom is -0.336 e. The van der Waals surface area contributed by atoms with Crippen molar-refractivity contribution >= 4 is 6.03 Å². The quantitative estimate of drug-likeness (QED) is 0.849. The van der Waals surface area contributed by atoms with Crippen LogP contribution in [0.3, 0.4) is 0 Å². The maximum Gasteiger partial charge on any atom is 0.317 e. The van der Waals surface area contributed by atoms with E-state index in [2.05, 4.69) is 17.3 Å². The molecular formula is C12H22N4O. The molecule has 0 bridgehead atoms. The van der Waals surface area contributed by atoms with Gasteiger partial charge in [-0.15, -0.1) is 0 Å². The van der Waals surface area contributed by atoms with E-state index in [1.54, 1.807) is 22.8 Å². The lowest BCUT2D eigenvalue weighted by molar-refractivity contribution is 0.203. The molecule has 0 saturated heterocycles. The van der Waals surface area contributed by atoms with Crippen molar-refractivity contribution in [3.63, 3.8) is 0 Å². The lowest BCUT2D eigenvalue weighted by Gasteiger charge is -2.20. The summed E-state index contributed by atoms with van der Waals surface area (Å²) in [7, 11) is 3.66. The van der Waals surface area contributed by atoms with Gasteiger partial charge in [-0.3, -0.25) is 4.68 Å².